The van der Waals surface area contributed by atoms with Gasteiger partial charge in [-0.2, -0.15) is 0 Å². The van der Waals surface area contributed by atoms with Crippen molar-refractivity contribution in [3.05, 3.63) is 197 Å². The first kappa shape index (κ1) is 37.1. The molecular weight excluding hydrogens is 700 g/mol. The van der Waals surface area contributed by atoms with Gasteiger partial charge in [0.05, 0.1) is 25.6 Å². The zero-order valence-corrected chi connectivity index (χ0v) is 30.7. The SMILES string of the molecule is COc1ccc(C(NC2=N[C@](C)(c3cc(N=C(c4ccccc4)c4ccccc4)ccc3F)C(F)(F)COC2)(c2ccccc2)c2ccc(OC)cc2)cc1. The summed E-state index contributed by atoms with van der Waals surface area (Å²) in [4.78, 5) is 9.66. The molecule has 0 saturated heterocycles. The summed E-state index contributed by atoms with van der Waals surface area (Å²) >= 11 is 0. The summed E-state index contributed by atoms with van der Waals surface area (Å²) in [6.07, 6.45) is 0. The summed E-state index contributed by atoms with van der Waals surface area (Å²) in [7, 11) is 3.17. The molecule has 0 spiro atoms. The average molecular weight is 740 g/mol. The predicted octanol–water partition coefficient (Wildman–Crippen LogP) is 9.87. The second-order valence-corrected chi connectivity index (χ2v) is 13.4. The monoisotopic (exact) mass is 739 g/mol. The summed E-state index contributed by atoms with van der Waals surface area (Å²) in [6, 6.07) is 47.7. The number of ether oxygens (including phenoxy) is 3. The smallest absolute Gasteiger partial charge is 0.299 e. The molecule has 0 aliphatic carbocycles. The fraction of sp³-hybridized carbons (Fsp3) is 0.174. The molecule has 6 aromatic carbocycles. The number of benzene rings is 6. The van der Waals surface area contributed by atoms with Gasteiger partial charge in [0.15, 0.2) is 5.54 Å². The van der Waals surface area contributed by atoms with E-state index in [2.05, 4.69) is 5.32 Å². The van der Waals surface area contributed by atoms with Crippen LogP contribution in [0.4, 0.5) is 18.9 Å². The van der Waals surface area contributed by atoms with E-state index in [0.29, 0.717) is 22.9 Å². The quantitative estimate of drug-likeness (QED) is 0.112. The van der Waals surface area contributed by atoms with Gasteiger partial charge in [0.2, 0.25) is 0 Å². The number of rotatable bonds is 10. The van der Waals surface area contributed by atoms with Crippen LogP contribution < -0.4 is 14.8 Å². The maximum absolute atomic E-state index is 16.6. The van der Waals surface area contributed by atoms with Crippen molar-refractivity contribution in [3.8, 4) is 11.5 Å². The van der Waals surface area contributed by atoms with Gasteiger partial charge in [0, 0.05) is 16.7 Å². The molecule has 0 fully saturated rings. The average Bonchev–Trinajstić information content (AvgIpc) is 3.34. The Hall–Kier alpha value is -6.19. The second kappa shape index (κ2) is 15.7. The van der Waals surface area contributed by atoms with Gasteiger partial charge in [-0.3, -0.25) is 4.99 Å². The number of aliphatic imine (C=N–C) groups is 2. The fourth-order valence-corrected chi connectivity index (χ4v) is 7.00. The Balaban J connectivity index is 1.41. The van der Waals surface area contributed by atoms with Crippen molar-refractivity contribution in [1.29, 1.82) is 0 Å². The lowest BCUT2D eigenvalue weighted by atomic mass is 9.76. The van der Waals surface area contributed by atoms with Crippen LogP contribution in [-0.2, 0) is 15.8 Å². The van der Waals surface area contributed by atoms with Crippen LogP contribution in [0, 0.1) is 5.82 Å². The molecule has 6 aromatic rings. The Morgan fingerprint density at radius 3 is 1.69 bits per heavy atom. The molecule has 0 radical (unpaired) electrons. The number of halogens is 3. The van der Waals surface area contributed by atoms with Crippen LogP contribution in [0.25, 0.3) is 0 Å². The van der Waals surface area contributed by atoms with E-state index in [1.807, 2.05) is 140 Å². The maximum Gasteiger partial charge on any atom is 0.299 e. The zero-order chi connectivity index (χ0) is 38.5. The van der Waals surface area contributed by atoms with Gasteiger partial charge in [-0.15, -0.1) is 0 Å². The Kier molecular flexibility index (Phi) is 10.6. The molecule has 0 saturated carbocycles. The molecule has 1 heterocycles. The molecule has 1 atom stereocenters. The van der Waals surface area contributed by atoms with Crippen molar-refractivity contribution in [3.63, 3.8) is 0 Å². The highest BCUT2D eigenvalue weighted by molar-refractivity contribution is 6.13. The number of hydrogen-bond donors (Lipinski definition) is 1. The molecule has 6 nitrogen and oxygen atoms in total. The highest BCUT2D eigenvalue weighted by Crippen LogP contribution is 2.46. The largest absolute Gasteiger partial charge is 0.497 e. The van der Waals surface area contributed by atoms with Crippen LogP contribution in [0.15, 0.2) is 168 Å². The highest BCUT2D eigenvalue weighted by atomic mass is 19.3. The highest BCUT2D eigenvalue weighted by Gasteiger charge is 2.55. The van der Waals surface area contributed by atoms with Gasteiger partial charge in [0.1, 0.15) is 41.9 Å². The summed E-state index contributed by atoms with van der Waals surface area (Å²) < 4.78 is 65.9. The van der Waals surface area contributed by atoms with Crippen molar-refractivity contribution >= 4 is 17.2 Å². The Labute approximate surface area is 319 Å². The molecule has 55 heavy (non-hydrogen) atoms. The summed E-state index contributed by atoms with van der Waals surface area (Å²) in [5.41, 5.74) is 0.945. The van der Waals surface area contributed by atoms with Crippen LogP contribution in [0.5, 0.6) is 11.5 Å². The Morgan fingerprint density at radius 1 is 0.691 bits per heavy atom. The number of methoxy groups -OCH3 is 2. The number of amidine groups is 1. The zero-order valence-electron chi connectivity index (χ0n) is 30.7. The van der Waals surface area contributed by atoms with Gasteiger partial charge in [-0.25, -0.2) is 18.2 Å². The standard InChI is InChI=1S/C46H40F3N3O3/c1-44(40-29-37(23-28-41(40)47)50-43(32-13-7-4-8-14-32)33-15-9-5-10-16-33)45(48,49)31-55-30-42(51-44)52-46(34-17-11-6-12-18-34,35-19-24-38(53-2)25-20-35)36-21-26-39(54-3)27-22-36/h4-29H,30-31H2,1-3H3,(H,51,52)/t44-/m1/s1. The van der Waals surface area contributed by atoms with E-state index in [0.717, 1.165) is 27.8 Å². The van der Waals surface area contributed by atoms with Crippen LogP contribution in [0.2, 0.25) is 0 Å². The summed E-state index contributed by atoms with van der Waals surface area (Å²) in [6.45, 7) is -0.0406. The van der Waals surface area contributed by atoms with E-state index in [1.54, 1.807) is 14.2 Å². The third kappa shape index (κ3) is 7.35. The molecule has 7 rings (SSSR count). The van der Waals surface area contributed by atoms with E-state index in [4.69, 9.17) is 24.2 Å². The van der Waals surface area contributed by atoms with Crippen molar-refractivity contribution in [1.82, 2.24) is 5.32 Å². The number of alkyl halides is 2. The molecule has 1 aliphatic rings. The van der Waals surface area contributed by atoms with E-state index in [1.165, 1.54) is 25.1 Å². The molecule has 1 N–H and O–H groups in total. The van der Waals surface area contributed by atoms with E-state index < -0.39 is 29.4 Å². The van der Waals surface area contributed by atoms with Gasteiger partial charge >= 0.3 is 0 Å². The normalized spacial score (nSPS) is 16.7. The van der Waals surface area contributed by atoms with E-state index in [-0.39, 0.29) is 18.0 Å². The molecule has 278 valence electrons. The Morgan fingerprint density at radius 2 is 1.18 bits per heavy atom. The van der Waals surface area contributed by atoms with Gasteiger partial charge in [-0.1, -0.05) is 115 Å². The first-order valence-electron chi connectivity index (χ1n) is 17.8. The van der Waals surface area contributed by atoms with Crippen LogP contribution in [-0.4, -0.2) is 44.9 Å². The van der Waals surface area contributed by atoms with E-state index >= 15 is 13.2 Å². The van der Waals surface area contributed by atoms with Crippen LogP contribution in [0.1, 0.15) is 40.3 Å². The molecule has 1 aliphatic heterocycles. The minimum Gasteiger partial charge on any atom is -0.497 e. The summed E-state index contributed by atoms with van der Waals surface area (Å²) in [5, 5.41) is 3.57. The molecule has 0 bridgehead atoms. The lowest BCUT2D eigenvalue weighted by molar-refractivity contribution is -0.116. The second-order valence-electron chi connectivity index (χ2n) is 13.4. The maximum atomic E-state index is 16.6. The minimum atomic E-state index is -3.63. The van der Waals surface area contributed by atoms with Crippen molar-refractivity contribution in [2.75, 3.05) is 27.4 Å². The lowest BCUT2D eigenvalue weighted by Gasteiger charge is -2.39. The van der Waals surface area contributed by atoms with E-state index in [9.17, 15) is 0 Å². The first-order chi connectivity index (χ1) is 26.7. The molecule has 9 heteroatoms. The molecular formula is C46H40F3N3O3. The van der Waals surface area contributed by atoms with Crippen LogP contribution >= 0.6 is 0 Å². The Bertz CT molecular complexity index is 2190. The summed E-state index contributed by atoms with van der Waals surface area (Å²) in [5.74, 6) is -3.09. The fourth-order valence-electron chi connectivity index (χ4n) is 7.00. The molecule has 0 unspecified atom stereocenters. The van der Waals surface area contributed by atoms with Crippen molar-refractivity contribution in [2.45, 2.75) is 23.9 Å². The number of nitrogens with one attached hydrogen (secondary N) is 1. The van der Waals surface area contributed by atoms with Crippen molar-refractivity contribution < 1.29 is 27.4 Å². The predicted molar refractivity (Wildman–Crippen MR) is 211 cm³/mol. The first-order valence-corrected chi connectivity index (χ1v) is 17.8. The third-order valence-corrected chi connectivity index (χ3v) is 9.99. The topological polar surface area (TPSA) is 64.4 Å². The lowest BCUT2D eigenvalue weighted by Crippen LogP contribution is -2.50. The molecule has 0 aromatic heterocycles. The third-order valence-electron chi connectivity index (χ3n) is 9.99. The van der Waals surface area contributed by atoms with Crippen molar-refractivity contribution in [2.24, 2.45) is 9.98 Å². The van der Waals surface area contributed by atoms with Crippen LogP contribution in [0.3, 0.4) is 0 Å². The van der Waals surface area contributed by atoms with Gasteiger partial charge in [0.25, 0.3) is 5.92 Å². The minimum absolute atomic E-state index is 0.0951. The number of nitrogens with zero attached hydrogens (tertiary/aromatic N) is 2. The molecule has 0 amide bonds. The van der Waals surface area contributed by atoms with Gasteiger partial charge in [-0.05, 0) is 66.1 Å². The van der Waals surface area contributed by atoms with Gasteiger partial charge < -0.3 is 19.5 Å². The number of hydrogen-bond acceptors (Lipinski definition) is 6.